The van der Waals surface area contributed by atoms with E-state index in [1.165, 1.54) is 23.0 Å². The van der Waals surface area contributed by atoms with Crippen LogP contribution in [0.5, 0.6) is 0 Å². The average molecular weight is 517 g/mol. The van der Waals surface area contributed by atoms with Gasteiger partial charge in [0.1, 0.15) is 33.0 Å². The van der Waals surface area contributed by atoms with E-state index in [-0.39, 0.29) is 28.6 Å². The van der Waals surface area contributed by atoms with Gasteiger partial charge in [0.05, 0.1) is 18.4 Å². The van der Waals surface area contributed by atoms with Gasteiger partial charge in [-0.15, -0.1) is 22.7 Å². The summed E-state index contributed by atoms with van der Waals surface area (Å²) >= 11 is 2.55. The molecule has 12 heteroatoms. The molecule has 2 amide bonds. The third kappa shape index (κ3) is 6.16. The van der Waals surface area contributed by atoms with Crippen molar-refractivity contribution in [3.05, 3.63) is 81.1 Å². The highest BCUT2D eigenvalue weighted by Crippen LogP contribution is 2.27. The molecule has 0 aliphatic heterocycles. The van der Waals surface area contributed by atoms with Crippen LogP contribution in [0, 0.1) is 6.92 Å². The van der Waals surface area contributed by atoms with Gasteiger partial charge in [-0.3, -0.25) is 20.4 Å². The molecule has 9 nitrogen and oxygen atoms in total. The van der Waals surface area contributed by atoms with Crippen LogP contribution in [0.1, 0.15) is 31.8 Å². The van der Waals surface area contributed by atoms with E-state index in [1.54, 1.807) is 12.1 Å². The summed E-state index contributed by atoms with van der Waals surface area (Å²) in [7, 11) is -3.51. The van der Waals surface area contributed by atoms with Crippen LogP contribution in [0.25, 0.3) is 10.6 Å². The SMILES string of the molecule is Cc1sc(-c2ccccc2)nc1CC(=O)NNC(=O)c1csc(CS(=O)(=O)Cc2ccco2)n1. The lowest BCUT2D eigenvalue weighted by molar-refractivity contribution is -0.121. The molecule has 0 radical (unpaired) electrons. The van der Waals surface area contributed by atoms with E-state index >= 15 is 0 Å². The van der Waals surface area contributed by atoms with Gasteiger partial charge < -0.3 is 4.42 Å². The Bertz CT molecular complexity index is 1390. The van der Waals surface area contributed by atoms with Crippen LogP contribution in [0.3, 0.4) is 0 Å². The number of nitrogens with one attached hydrogen (secondary N) is 2. The van der Waals surface area contributed by atoms with Gasteiger partial charge in [-0.2, -0.15) is 0 Å². The monoisotopic (exact) mass is 516 g/mol. The van der Waals surface area contributed by atoms with Crippen molar-refractivity contribution in [2.75, 3.05) is 0 Å². The molecule has 0 unspecified atom stereocenters. The average Bonchev–Trinajstić information content (AvgIpc) is 3.55. The first-order valence-corrected chi connectivity index (χ1v) is 13.6. The summed E-state index contributed by atoms with van der Waals surface area (Å²) in [4.78, 5) is 34.2. The van der Waals surface area contributed by atoms with Crippen molar-refractivity contribution in [3.8, 4) is 10.6 Å². The third-order valence-corrected chi connectivity index (χ3v) is 8.16. The summed E-state index contributed by atoms with van der Waals surface area (Å²) in [6.07, 6.45) is 1.41. The van der Waals surface area contributed by atoms with Crippen LogP contribution in [-0.4, -0.2) is 30.2 Å². The van der Waals surface area contributed by atoms with E-state index in [4.69, 9.17) is 4.42 Å². The second kappa shape index (κ2) is 10.3. The number of hydrazine groups is 1. The molecule has 0 fully saturated rings. The number of hydrogen-bond acceptors (Lipinski definition) is 9. The summed E-state index contributed by atoms with van der Waals surface area (Å²) in [5.74, 6) is -1.30. The lowest BCUT2D eigenvalue weighted by atomic mass is 10.2. The summed E-state index contributed by atoms with van der Waals surface area (Å²) < 4.78 is 29.7. The van der Waals surface area contributed by atoms with Crippen molar-refractivity contribution in [1.29, 1.82) is 0 Å². The minimum absolute atomic E-state index is 0.00276. The fourth-order valence-corrected chi connectivity index (χ4v) is 6.46. The number of hydrogen-bond donors (Lipinski definition) is 2. The number of aromatic nitrogens is 2. The fraction of sp³-hybridized carbons (Fsp3) is 0.182. The van der Waals surface area contributed by atoms with Gasteiger partial charge in [0.25, 0.3) is 5.91 Å². The normalized spacial score (nSPS) is 11.3. The summed E-state index contributed by atoms with van der Waals surface area (Å²) in [5, 5.41) is 2.53. The van der Waals surface area contributed by atoms with E-state index in [0.717, 1.165) is 26.8 Å². The maximum absolute atomic E-state index is 12.3. The van der Waals surface area contributed by atoms with Crippen molar-refractivity contribution in [1.82, 2.24) is 20.8 Å². The molecule has 0 saturated heterocycles. The molecule has 2 N–H and O–H groups in total. The molecular formula is C22H20N4O5S3. The largest absolute Gasteiger partial charge is 0.468 e. The van der Waals surface area contributed by atoms with Gasteiger partial charge in [0, 0.05) is 15.8 Å². The molecule has 4 rings (SSSR count). The van der Waals surface area contributed by atoms with E-state index in [9.17, 15) is 18.0 Å². The molecule has 34 heavy (non-hydrogen) atoms. The number of carbonyl (C=O) groups is 2. The topological polar surface area (TPSA) is 131 Å². The van der Waals surface area contributed by atoms with E-state index in [0.29, 0.717) is 11.5 Å². The van der Waals surface area contributed by atoms with Crippen LogP contribution >= 0.6 is 22.7 Å². The van der Waals surface area contributed by atoms with Crippen molar-refractivity contribution < 1.29 is 22.4 Å². The number of furan rings is 1. The Morgan fingerprint density at radius 1 is 1.03 bits per heavy atom. The Morgan fingerprint density at radius 3 is 2.56 bits per heavy atom. The minimum atomic E-state index is -3.51. The van der Waals surface area contributed by atoms with E-state index < -0.39 is 21.7 Å². The highest BCUT2D eigenvalue weighted by Gasteiger charge is 2.20. The molecule has 3 heterocycles. The van der Waals surface area contributed by atoms with Gasteiger partial charge >= 0.3 is 0 Å². The summed E-state index contributed by atoms with van der Waals surface area (Å²) in [6.45, 7) is 1.89. The van der Waals surface area contributed by atoms with Crippen LogP contribution in [0.2, 0.25) is 0 Å². The second-order valence-corrected chi connectivity index (χ2v) is 11.5. The lowest BCUT2D eigenvalue weighted by Gasteiger charge is -2.05. The molecule has 0 aliphatic carbocycles. The van der Waals surface area contributed by atoms with Crippen molar-refractivity contribution in [3.63, 3.8) is 0 Å². The molecule has 176 valence electrons. The second-order valence-electron chi connectivity index (χ2n) is 7.31. The first-order chi connectivity index (χ1) is 16.3. The predicted molar refractivity (Wildman–Crippen MR) is 129 cm³/mol. The predicted octanol–water partition coefficient (Wildman–Crippen LogP) is 3.29. The van der Waals surface area contributed by atoms with Gasteiger partial charge in [-0.25, -0.2) is 18.4 Å². The number of rotatable bonds is 8. The number of amides is 2. The van der Waals surface area contributed by atoms with Gasteiger partial charge in [-0.1, -0.05) is 30.3 Å². The van der Waals surface area contributed by atoms with Crippen LogP contribution in [0.4, 0.5) is 0 Å². The quantitative estimate of drug-likeness (QED) is 0.344. The van der Waals surface area contributed by atoms with Gasteiger partial charge in [-0.05, 0) is 19.1 Å². The number of sulfone groups is 1. The standard InChI is InChI=1S/C22H20N4O5S3/c1-14-17(24-22(33-14)15-6-3-2-4-7-15)10-19(27)25-26-21(28)18-11-32-20(23-18)13-34(29,30)12-16-8-5-9-31-16/h2-9,11H,10,12-13H2,1H3,(H,25,27)(H,26,28). The molecule has 0 saturated carbocycles. The summed E-state index contributed by atoms with van der Waals surface area (Å²) in [6, 6.07) is 12.9. The summed E-state index contributed by atoms with van der Waals surface area (Å²) in [5.41, 5.74) is 6.28. The maximum atomic E-state index is 12.3. The highest BCUT2D eigenvalue weighted by atomic mass is 32.2. The first kappa shape index (κ1) is 23.8. The Morgan fingerprint density at radius 2 is 1.82 bits per heavy atom. The Balaban J connectivity index is 1.30. The molecule has 4 aromatic rings. The number of benzene rings is 1. The Hall–Kier alpha value is -3.35. The molecule has 0 aliphatic rings. The van der Waals surface area contributed by atoms with Gasteiger partial charge in [0.2, 0.25) is 5.91 Å². The Labute approximate surface area is 203 Å². The number of nitrogens with zero attached hydrogens (tertiary/aromatic N) is 2. The van der Waals surface area contributed by atoms with Crippen LogP contribution in [-0.2, 0) is 32.6 Å². The molecule has 1 aromatic carbocycles. The maximum Gasteiger partial charge on any atom is 0.289 e. The van der Waals surface area contributed by atoms with Crippen molar-refractivity contribution in [2.24, 2.45) is 0 Å². The third-order valence-electron chi connectivity index (χ3n) is 4.63. The molecule has 0 atom stereocenters. The molecule has 0 spiro atoms. The lowest BCUT2D eigenvalue weighted by Crippen LogP contribution is -2.42. The fourth-order valence-electron chi connectivity index (χ4n) is 3.02. The molecular weight excluding hydrogens is 496 g/mol. The smallest absolute Gasteiger partial charge is 0.289 e. The van der Waals surface area contributed by atoms with E-state index in [1.807, 2.05) is 37.3 Å². The highest BCUT2D eigenvalue weighted by molar-refractivity contribution is 7.89. The first-order valence-electron chi connectivity index (χ1n) is 10.1. The number of carbonyl (C=O) groups excluding carboxylic acids is 2. The van der Waals surface area contributed by atoms with Crippen LogP contribution in [0.15, 0.2) is 58.5 Å². The number of aryl methyl sites for hydroxylation is 1. The van der Waals surface area contributed by atoms with Crippen molar-refractivity contribution in [2.45, 2.75) is 24.9 Å². The molecule has 3 aromatic heterocycles. The zero-order valence-corrected chi connectivity index (χ0v) is 20.4. The zero-order chi connectivity index (χ0) is 24.1. The minimum Gasteiger partial charge on any atom is -0.468 e. The molecule has 0 bridgehead atoms. The zero-order valence-electron chi connectivity index (χ0n) is 18.0. The Kier molecular flexibility index (Phi) is 7.20. The van der Waals surface area contributed by atoms with Gasteiger partial charge in [0.15, 0.2) is 9.84 Å². The number of thiazole rings is 2. The van der Waals surface area contributed by atoms with E-state index in [2.05, 4.69) is 20.8 Å². The van der Waals surface area contributed by atoms with Crippen molar-refractivity contribution >= 4 is 44.3 Å². The van der Waals surface area contributed by atoms with Crippen LogP contribution < -0.4 is 10.9 Å².